The molecule has 4 nitrogen and oxygen atoms in total. The molecule has 22 heavy (non-hydrogen) atoms. The van der Waals surface area contributed by atoms with Gasteiger partial charge < -0.3 is 10.4 Å². The predicted molar refractivity (Wildman–Crippen MR) is 92.4 cm³/mol. The largest absolute Gasteiger partial charge is 0.481 e. The molecule has 1 aromatic carbocycles. The van der Waals surface area contributed by atoms with Gasteiger partial charge in [-0.05, 0) is 43.2 Å². The highest BCUT2D eigenvalue weighted by Gasteiger charge is 2.14. The van der Waals surface area contributed by atoms with Crippen molar-refractivity contribution in [1.29, 1.82) is 0 Å². The zero-order valence-corrected chi connectivity index (χ0v) is 14.3. The summed E-state index contributed by atoms with van der Waals surface area (Å²) < 4.78 is 0. The van der Waals surface area contributed by atoms with E-state index in [1.807, 2.05) is 31.2 Å². The molecule has 0 saturated carbocycles. The van der Waals surface area contributed by atoms with Crippen molar-refractivity contribution in [2.24, 2.45) is 5.92 Å². The monoisotopic (exact) mass is 323 g/mol. The number of benzene rings is 1. The summed E-state index contributed by atoms with van der Waals surface area (Å²) in [6, 6.07) is 7.38. The van der Waals surface area contributed by atoms with Gasteiger partial charge in [0.1, 0.15) is 0 Å². The Morgan fingerprint density at radius 2 is 1.86 bits per heavy atom. The number of carbonyl (C=O) groups excluding carboxylic acids is 1. The smallest absolute Gasteiger partial charge is 0.306 e. The molecule has 5 heteroatoms. The van der Waals surface area contributed by atoms with Gasteiger partial charge in [0.05, 0.1) is 11.2 Å². The van der Waals surface area contributed by atoms with Gasteiger partial charge in [0.2, 0.25) is 5.91 Å². The lowest BCUT2D eigenvalue weighted by Gasteiger charge is -2.12. The lowest BCUT2D eigenvalue weighted by molar-refractivity contribution is -0.141. The summed E-state index contributed by atoms with van der Waals surface area (Å²) in [5.41, 5.74) is 1.71. The van der Waals surface area contributed by atoms with Crippen LogP contribution >= 0.6 is 11.8 Å². The van der Waals surface area contributed by atoms with Gasteiger partial charge in [-0.1, -0.05) is 32.4 Å². The van der Waals surface area contributed by atoms with E-state index in [0.29, 0.717) is 6.42 Å². The van der Waals surface area contributed by atoms with Crippen molar-refractivity contribution in [3.05, 3.63) is 29.8 Å². The number of carboxylic acid groups (broad SMARTS) is 1. The summed E-state index contributed by atoms with van der Waals surface area (Å²) in [6.07, 6.45) is 2.75. The average Bonchev–Trinajstić information content (AvgIpc) is 2.49. The molecule has 0 aliphatic heterocycles. The Hall–Kier alpha value is -1.49. The zero-order chi connectivity index (χ0) is 16.5. The number of anilines is 1. The summed E-state index contributed by atoms with van der Waals surface area (Å²) in [5, 5.41) is 11.7. The normalized spacial score (nSPS) is 13.4. The number of thioether (sulfide) groups is 1. The second-order valence-corrected chi connectivity index (χ2v) is 6.94. The molecule has 0 aliphatic carbocycles. The topological polar surface area (TPSA) is 66.4 Å². The molecular weight excluding hydrogens is 298 g/mol. The van der Waals surface area contributed by atoms with Crippen LogP contribution < -0.4 is 5.32 Å². The number of rotatable bonds is 9. The van der Waals surface area contributed by atoms with Crippen molar-refractivity contribution in [3.8, 4) is 0 Å². The van der Waals surface area contributed by atoms with E-state index < -0.39 is 11.9 Å². The molecule has 0 spiro atoms. The summed E-state index contributed by atoms with van der Waals surface area (Å²) >= 11 is 1.67. The number of hydrogen-bond donors (Lipinski definition) is 2. The maximum Gasteiger partial charge on any atom is 0.306 e. The third-order valence-electron chi connectivity index (χ3n) is 3.42. The minimum atomic E-state index is -0.796. The van der Waals surface area contributed by atoms with E-state index in [1.165, 1.54) is 0 Å². The van der Waals surface area contributed by atoms with E-state index in [1.54, 1.807) is 18.7 Å². The quantitative estimate of drug-likeness (QED) is 0.678. The van der Waals surface area contributed by atoms with Crippen LogP contribution in [0.25, 0.3) is 0 Å². The summed E-state index contributed by atoms with van der Waals surface area (Å²) in [7, 11) is 0. The first-order valence-corrected chi connectivity index (χ1v) is 8.73. The van der Waals surface area contributed by atoms with Crippen molar-refractivity contribution in [2.45, 2.75) is 45.3 Å². The Labute approximate surface area is 136 Å². The van der Waals surface area contributed by atoms with Crippen molar-refractivity contribution >= 4 is 29.3 Å². The fourth-order valence-electron chi connectivity index (χ4n) is 1.89. The Morgan fingerprint density at radius 1 is 1.23 bits per heavy atom. The van der Waals surface area contributed by atoms with Crippen LogP contribution in [-0.4, -0.2) is 28.0 Å². The summed E-state index contributed by atoms with van der Waals surface area (Å²) in [5.74, 6) is -0.199. The molecule has 0 fully saturated rings. The van der Waals surface area contributed by atoms with Crippen LogP contribution in [0.15, 0.2) is 24.3 Å². The molecule has 2 N–H and O–H groups in total. The van der Waals surface area contributed by atoms with Gasteiger partial charge in [0.15, 0.2) is 0 Å². The molecular formula is C17H25NO3S. The summed E-state index contributed by atoms with van der Waals surface area (Å²) in [4.78, 5) is 22.9. The molecule has 0 heterocycles. The second kappa shape index (κ2) is 9.51. The lowest BCUT2D eigenvalue weighted by atomic mass is 10.0. The molecule has 1 rings (SSSR count). The minimum absolute atomic E-state index is 0.00718. The van der Waals surface area contributed by atoms with Crippen LogP contribution in [0.2, 0.25) is 0 Å². The Kier molecular flexibility index (Phi) is 8.02. The molecule has 2 unspecified atom stereocenters. The van der Waals surface area contributed by atoms with E-state index in [2.05, 4.69) is 12.2 Å². The first-order valence-electron chi connectivity index (χ1n) is 7.68. The third kappa shape index (κ3) is 6.52. The van der Waals surface area contributed by atoms with E-state index in [0.717, 1.165) is 29.8 Å². The molecule has 0 aliphatic rings. The van der Waals surface area contributed by atoms with Gasteiger partial charge in [0, 0.05) is 5.69 Å². The van der Waals surface area contributed by atoms with Gasteiger partial charge in [0.25, 0.3) is 0 Å². The van der Waals surface area contributed by atoms with Crippen molar-refractivity contribution in [2.75, 3.05) is 11.1 Å². The summed E-state index contributed by atoms with van der Waals surface area (Å²) in [6.45, 7) is 5.74. The van der Waals surface area contributed by atoms with Crippen LogP contribution in [-0.2, 0) is 16.0 Å². The number of carbonyl (C=O) groups is 2. The molecule has 1 amide bonds. The van der Waals surface area contributed by atoms with E-state index in [-0.39, 0.29) is 11.2 Å². The zero-order valence-electron chi connectivity index (χ0n) is 13.5. The van der Waals surface area contributed by atoms with E-state index in [9.17, 15) is 9.59 Å². The second-order valence-electron chi connectivity index (χ2n) is 5.50. The molecule has 2 atom stereocenters. The number of hydrogen-bond acceptors (Lipinski definition) is 3. The van der Waals surface area contributed by atoms with E-state index >= 15 is 0 Å². The number of aliphatic carboxylic acids is 1. The highest BCUT2D eigenvalue weighted by atomic mass is 32.2. The molecule has 0 bridgehead atoms. The maximum absolute atomic E-state index is 12.0. The Morgan fingerprint density at radius 3 is 2.41 bits per heavy atom. The SMILES string of the molecule is CCCCSC(C)C(=O)Nc1ccc(CC(C)C(=O)O)cc1. The fourth-order valence-corrected chi connectivity index (χ4v) is 2.91. The number of unbranched alkanes of at least 4 members (excludes halogenated alkanes) is 1. The first-order chi connectivity index (χ1) is 10.4. The molecule has 0 saturated heterocycles. The highest BCUT2D eigenvalue weighted by molar-refractivity contribution is 8.00. The standard InChI is InChI=1S/C17H25NO3S/c1-4-5-10-22-13(3)16(19)18-15-8-6-14(7-9-15)11-12(2)17(20)21/h6-9,12-13H,4-5,10-11H2,1-3H3,(H,18,19)(H,20,21). The van der Waals surface area contributed by atoms with Crippen molar-refractivity contribution in [1.82, 2.24) is 0 Å². The molecule has 1 aromatic rings. The maximum atomic E-state index is 12.0. The lowest BCUT2D eigenvalue weighted by Crippen LogP contribution is -2.22. The highest BCUT2D eigenvalue weighted by Crippen LogP contribution is 2.17. The fraction of sp³-hybridized carbons (Fsp3) is 0.529. The minimum Gasteiger partial charge on any atom is -0.481 e. The number of nitrogens with one attached hydrogen (secondary N) is 1. The molecule has 0 aromatic heterocycles. The van der Waals surface area contributed by atoms with Crippen LogP contribution in [0, 0.1) is 5.92 Å². The van der Waals surface area contributed by atoms with Crippen molar-refractivity contribution < 1.29 is 14.7 Å². The Balaban J connectivity index is 2.49. The van der Waals surface area contributed by atoms with Gasteiger partial charge in [-0.3, -0.25) is 9.59 Å². The molecule has 0 radical (unpaired) electrons. The van der Waals surface area contributed by atoms with Gasteiger partial charge >= 0.3 is 5.97 Å². The number of amides is 1. The van der Waals surface area contributed by atoms with Crippen LogP contribution in [0.3, 0.4) is 0 Å². The van der Waals surface area contributed by atoms with Crippen molar-refractivity contribution in [3.63, 3.8) is 0 Å². The van der Waals surface area contributed by atoms with Crippen LogP contribution in [0.5, 0.6) is 0 Å². The van der Waals surface area contributed by atoms with E-state index in [4.69, 9.17) is 5.11 Å². The van der Waals surface area contributed by atoms with Crippen LogP contribution in [0.4, 0.5) is 5.69 Å². The van der Waals surface area contributed by atoms with Gasteiger partial charge in [-0.25, -0.2) is 0 Å². The predicted octanol–water partition coefficient (Wildman–Crippen LogP) is 3.81. The first kappa shape index (κ1) is 18.6. The third-order valence-corrected chi connectivity index (χ3v) is 4.66. The van der Waals surface area contributed by atoms with Crippen LogP contribution in [0.1, 0.15) is 39.2 Å². The molecule has 122 valence electrons. The van der Waals surface area contributed by atoms with Gasteiger partial charge in [-0.15, -0.1) is 11.8 Å². The van der Waals surface area contributed by atoms with Gasteiger partial charge in [-0.2, -0.15) is 0 Å². The average molecular weight is 323 g/mol. The Bertz CT molecular complexity index is 487. The number of carboxylic acids is 1.